The molecule has 0 radical (unpaired) electrons. The van der Waals surface area contributed by atoms with E-state index < -0.39 is 94.5 Å². The Bertz CT molecular complexity index is 2150. The molecule has 3 N–H and O–H groups in total. The molecule has 16 unspecified atom stereocenters. The highest BCUT2D eigenvalue weighted by atomic mass is 19.1. The molecule has 3 heterocycles. The van der Waals surface area contributed by atoms with Crippen molar-refractivity contribution in [2.75, 3.05) is 13.2 Å². The largest absolute Gasteiger partial charge is 0.457 e. The van der Waals surface area contributed by atoms with Crippen LogP contribution >= 0.6 is 0 Å². The first kappa shape index (κ1) is 37.3. The standard InChI is InChI=1S/C44H48FNO12/c1-21-13-29-28-6-4-22-14-24(47)7-10-38(22,2)43(28,45)32(49)18-42(29)44(21,58-42)34(51)20-55-37(53)30(46)16-35(52)54-19-33(50)40-12-9-27-26-5-3-23-15-25(48)8-11-39(23)36(26)31(56-39)17-41(27,40)57-40/h7-8,10-11,14-15,21,26-32,36,49H,3-6,9,12-13,16-20,46H2,1-2H3. The summed E-state index contributed by atoms with van der Waals surface area (Å²) in [6.45, 7) is 2.36. The van der Waals surface area contributed by atoms with Crippen molar-refractivity contribution in [2.24, 2.45) is 46.7 Å². The predicted molar refractivity (Wildman–Crippen MR) is 196 cm³/mol. The Hall–Kier alpha value is -3.69. The number of fused-ring (bicyclic) bond motifs is 5. The Kier molecular flexibility index (Phi) is 7.44. The molecule has 16 atom stereocenters. The van der Waals surface area contributed by atoms with E-state index in [4.69, 9.17) is 29.4 Å². The number of allylic oxidation sites excluding steroid dienone is 6. The molecule has 0 aromatic heterocycles. The molecular formula is C44H48FNO12. The average molecular weight is 802 g/mol. The van der Waals surface area contributed by atoms with Crippen molar-refractivity contribution in [1.29, 1.82) is 0 Å². The minimum Gasteiger partial charge on any atom is -0.457 e. The number of carbonyl (C=O) groups excluding carboxylic acids is 6. The zero-order chi connectivity index (χ0) is 40.6. The van der Waals surface area contributed by atoms with Crippen molar-refractivity contribution in [3.05, 3.63) is 47.6 Å². The number of ketones is 4. The predicted octanol–water partition coefficient (Wildman–Crippen LogP) is 2.60. The van der Waals surface area contributed by atoms with Crippen LogP contribution in [0.2, 0.25) is 0 Å². The van der Waals surface area contributed by atoms with Crippen LogP contribution in [0.3, 0.4) is 0 Å². The quantitative estimate of drug-likeness (QED) is 0.255. The fraction of sp³-hybridized carbons (Fsp3) is 0.682. The van der Waals surface area contributed by atoms with E-state index in [0.717, 1.165) is 24.8 Å². The molecular weight excluding hydrogens is 753 g/mol. The number of aliphatic hydroxyl groups excluding tert-OH is 1. The molecule has 6 saturated carbocycles. The first-order valence-corrected chi connectivity index (χ1v) is 21.0. The molecule has 308 valence electrons. The van der Waals surface area contributed by atoms with E-state index in [-0.39, 0.29) is 59.5 Å². The van der Waals surface area contributed by atoms with Gasteiger partial charge in [0.2, 0.25) is 11.6 Å². The van der Waals surface area contributed by atoms with Crippen LogP contribution < -0.4 is 5.73 Å². The van der Waals surface area contributed by atoms with Gasteiger partial charge in [-0.25, -0.2) is 4.39 Å². The highest BCUT2D eigenvalue weighted by Gasteiger charge is 2.88. The maximum atomic E-state index is 17.4. The van der Waals surface area contributed by atoms with Crippen molar-refractivity contribution in [3.8, 4) is 0 Å². The third-order valence-corrected chi connectivity index (χ3v) is 17.4. The van der Waals surface area contributed by atoms with Gasteiger partial charge in [0.05, 0.1) is 18.6 Å². The molecule has 11 rings (SSSR count). The number of hydrogen-bond acceptors (Lipinski definition) is 13. The molecule has 13 nitrogen and oxygen atoms in total. The van der Waals surface area contributed by atoms with Gasteiger partial charge in [-0.05, 0) is 111 Å². The highest BCUT2D eigenvalue weighted by Crippen LogP contribution is 2.77. The number of epoxide rings is 2. The number of ether oxygens (including phenoxy) is 5. The van der Waals surface area contributed by atoms with Crippen LogP contribution in [0.5, 0.6) is 0 Å². The SMILES string of the molecule is CC1CC2C3CCC4=CC(=O)C=CC4(C)C3(F)C(O)CC23OC13C(=O)COC(=O)C(N)CC(=O)OCC(=O)C12CCC3C4CCC5=CC(=O)C=CC56OC(CC31O2)C46. The summed E-state index contributed by atoms with van der Waals surface area (Å²) in [5.74, 6) is -3.62. The summed E-state index contributed by atoms with van der Waals surface area (Å²) in [5.41, 5.74) is -0.235. The Morgan fingerprint density at radius 1 is 0.914 bits per heavy atom. The fourth-order valence-electron chi connectivity index (χ4n) is 14.9. The third-order valence-electron chi connectivity index (χ3n) is 17.4. The van der Waals surface area contributed by atoms with Gasteiger partial charge in [-0.15, -0.1) is 0 Å². The monoisotopic (exact) mass is 801 g/mol. The van der Waals surface area contributed by atoms with Gasteiger partial charge in [0.1, 0.15) is 22.8 Å². The third kappa shape index (κ3) is 4.24. The molecule has 3 aliphatic heterocycles. The molecule has 3 spiro atoms. The van der Waals surface area contributed by atoms with E-state index in [2.05, 4.69) is 0 Å². The number of alkyl halides is 1. The molecule has 14 heteroatoms. The molecule has 3 saturated heterocycles. The molecule has 0 aromatic rings. The number of halogens is 1. The molecule has 11 aliphatic rings. The van der Waals surface area contributed by atoms with Gasteiger partial charge in [-0.2, -0.15) is 0 Å². The zero-order valence-corrected chi connectivity index (χ0v) is 32.5. The zero-order valence-electron chi connectivity index (χ0n) is 32.5. The highest BCUT2D eigenvalue weighted by molar-refractivity contribution is 6.02. The van der Waals surface area contributed by atoms with Gasteiger partial charge in [0, 0.05) is 30.1 Å². The van der Waals surface area contributed by atoms with E-state index in [0.29, 0.717) is 37.7 Å². The van der Waals surface area contributed by atoms with Crippen LogP contribution in [-0.4, -0.2) is 105 Å². The molecule has 0 bridgehead atoms. The minimum atomic E-state index is -2.07. The fourth-order valence-corrected chi connectivity index (χ4v) is 14.9. The van der Waals surface area contributed by atoms with Gasteiger partial charge in [0.25, 0.3) is 0 Å². The number of esters is 2. The second kappa shape index (κ2) is 11.6. The maximum Gasteiger partial charge on any atom is 0.323 e. The lowest BCUT2D eigenvalue weighted by Gasteiger charge is -2.65. The molecule has 58 heavy (non-hydrogen) atoms. The summed E-state index contributed by atoms with van der Waals surface area (Å²) in [7, 11) is 0. The molecule has 0 aromatic carbocycles. The lowest BCUT2D eigenvalue weighted by molar-refractivity contribution is -0.278. The number of carbonyl (C=O) groups is 6. The summed E-state index contributed by atoms with van der Waals surface area (Å²) in [4.78, 5) is 77.6. The summed E-state index contributed by atoms with van der Waals surface area (Å²) < 4.78 is 47.2. The van der Waals surface area contributed by atoms with E-state index in [1.165, 1.54) is 12.2 Å². The number of Topliss-reactive ketones (excluding diaryl/α,β-unsaturated/α-hetero) is 2. The van der Waals surface area contributed by atoms with Crippen molar-refractivity contribution in [3.63, 3.8) is 0 Å². The Balaban J connectivity index is 0.688. The van der Waals surface area contributed by atoms with Gasteiger partial charge in [0.15, 0.2) is 41.7 Å². The number of hydrogen-bond donors (Lipinski definition) is 2. The van der Waals surface area contributed by atoms with E-state index in [1.54, 1.807) is 25.2 Å². The maximum absolute atomic E-state index is 17.4. The topological polar surface area (TPSA) is 201 Å². The normalized spacial score (nSPS) is 50.7. The van der Waals surface area contributed by atoms with E-state index in [1.807, 2.05) is 13.0 Å². The van der Waals surface area contributed by atoms with Crippen molar-refractivity contribution >= 4 is 35.1 Å². The van der Waals surface area contributed by atoms with Crippen LogP contribution in [0.25, 0.3) is 0 Å². The average Bonchev–Trinajstić information content (AvgIpc) is 3.98. The summed E-state index contributed by atoms with van der Waals surface area (Å²) in [5, 5.41) is 11.5. The molecule has 8 aliphatic carbocycles. The Morgan fingerprint density at radius 3 is 2.43 bits per heavy atom. The number of nitrogens with two attached hydrogens (primary N) is 1. The van der Waals surface area contributed by atoms with Gasteiger partial charge >= 0.3 is 11.9 Å². The van der Waals surface area contributed by atoms with Crippen molar-refractivity contribution in [1.82, 2.24) is 0 Å². The number of rotatable bonds is 9. The summed E-state index contributed by atoms with van der Waals surface area (Å²) in [6.07, 6.45) is 12.3. The van der Waals surface area contributed by atoms with E-state index >= 15 is 4.39 Å². The van der Waals surface area contributed by atoms with Crippen LogP contribution in [0.15, 0.2) is 47.6 Å². The first-order valence-electron chi connectivity index (χ1n) is 21.0. The Morgan fingerprint density at radius 2 is 1.64 bits per heavy atom. The van der Waals surface area contributed by atoms with Crippen molar-refractivity contribution in [2.45, 2.75) is 130 Å². The smallest absolute Gasteiger partial charge is 0.323 e. The second-order valence-electron chi connectivity index (χ2n) is 19.4. The number of aliphatic hydroxyl groups is 1. The molecule has 0 amide bonds. The minimum absolute atomic E-state index is 0.0153. The van der Waals surface area contributed by atoms with Gasteiger partial charge < -0.3 is 34.5 Å². The van der Waals surface area contributed by atoms with Crippen LogP contribution in [0.1, 0.15) is 78.1 Å². The van der Waals surface area contributed by atoms with Crippen molar-refractivity contribution < 1.29 is 61.9 Å². The van der Waals surface area contributed by atoms with E-state index in [9.17, 15) is 33.9 Å². The summed E-state index contributed by atoms with van der Waals surface area (Å²) >= 11 is 0. The summed E-state index contributed by atoms with van der Waals surface area (Å²) in [6, 6.07) is -1.47. The van der Waals surface area contributed by atoms with Crippen LogP contribution in [0.4, 0.5) is 4.39 Å². The first-order chi connectivity index (χ1) is 27.5. The van der Waals surface area contributed by atoms with Crippen LogP contribution in [-0.2, 0) is 52.5 Å². The van der Waals surface area contributed by atoms with Gasteiger partial charge in [-0.1, -0.05) is 18.6 Å². The Labute approximate surface area is 333 Å². The van der Waals surface area contributed by atoms with Gasteiger partial charge in [-0.3, -0.25) is 28.8 Å². The van der Waals surface area contributed by atoms with Crippen LogP contribution in [0, 0.1) is 40.9 Å². The lowest BCUT2D eigenvalue weighted by atomic mass is 9.48. The lowest BCUT2D eigenvalue weighted by Crippen LogP contribution is -2.70. The second-order valence-corrected chi connectivity index (χ2v) is 19.4. The molecule has 9 fully saturated rings.